The Kier molecular flexibility index (Phi) is 4.17. The summed E-state index contributed by atoms with van der Waals surface area (Å²) in [7, 11) is 1.98. The first-order chi connectivity index (χ1) is 10.1. The van der Waals surface area contributed by atoms with Crippen molar-refractivity contribution in [3.8, 4) is 0 Å². The maximum absolute atomic E-state index is 12.4. The van der Waals surface area contributed by atoms with Gasteiger partial charge in [0.1, 0.15) is 5.82 Å². The first-order valence-corrected chi connectivity index (χ1v) is 8.59. The molecule has 0 unspecified atom stereocenters. The van der Waals surface area contributed by atoms with Gasteiger partial charge in [-0.05, 0) is 31.9 Å². The van der Waals surface area contributed by atoms with Gasteiger partial charge in [0.25, 0.3) is 0 Å². The van der Waals surface area contributed by atoms with Gasteiger partial charge in [0.2, 0.25) is 0 Å². The van der Waals surface area contributed by atoms with Crippen molar-refractivity contribution in [1.82, 2.24) is 14.8 Å². The van der Waals surface area contributed by atoms with Crippen molar-refractivity contribution in [2.24, 2.45) is 7.05 Å². The van der Waals surface area contributed by atoms with Crippen molar-refractivity contribution in [3.63, 3.8) is 0 Å². The highest BCUT2D eigenvalue weighted by Gasteiger charge is 2.30. The van der Waals surface area contributed by atoms with Crippen LogP contribution in [0.4, 0.5) is 0 Å². The molecule has 1 heterocycles. The Labute approximate surface area is 136 Å². The molecule has 1 aromatic heterocycles. The standard InChI is InChI=1S/C15H16BrN3OS/c1-9(13(20)10-5-7-12(16)8-6-10)21-15-18-17-14(19(15)2)11-3-4-11/h5-9,11H,3-4H2,1-2H3/t9-/m1/s1. The van der Waals surface area contributed by atoms with Crippen LogP contribution >= 0.6 is 27.7 Å². The van der Waals surface area contributed by atoms with Crippen LogP contribution in [0.1, 0.15) is 41.9 Å². The molecule has 4 nitrogen and oxygen atoms in total. The zero-order valence-electron chi connectivity index (χ0n) is 11.9. The summed E-state index contributed by atoms with van der Waals surface area (Å²) < 4.78 is 3.00. The SMILES string of the molecule is C[C@@H](Sc1nnc(C2CC2)n1C)C(=O)c1ccc(Br)cc1. The summed E-state index contributed by atoms with van der Waals surface area (Å²) >= 11 is 4.85. The molecule has 0 radical (unpaired) electrons. The number of hydrogen-bond acceptors (Lipinski definition) is 4. The topological polar surface area (TPSA) is 47.8 Å². The summed E-state index contributed by atoms with van der Waals surface area (Å²) in [6.45, 7) is 1.92. The summed E-state index contributed by atoms with van der Waals surface area (Å²) in [5.74, 6) is 1.72. The normalized spacial score (nSPS) is 16.0. The molecule has 0 saturated heterocycles. The van der Waals surface area contributed by atoms with Gasteiger partial charge in [-0.25, -0.2) is 0 Å². The third-order valence-corrected chi connectivity index (χ3v) is 5.25. The number of ketones is 1. The molecule has 1 aliphatic carbocycles. The molecule has 110 valence electrons. The van der Waals surface area contributed by atoms with Crippen molar-refractivity contribution in [1.29, 1.82) is 0 Å². The second kappa shape index (κ2) is 5.93. The Balaban J connectivity index is 1.72. The molecule has 0 spiro atoms. The number of thioether (sulfide) groups is 1. The van der Waals surface area contributed by atoms with E-state index in [-0.39, 0.29) is 11.0 Å². The van der Waals surface area contributed by atoms with Crippen LogP contribution in [0.5, 0.6) is 0 Å². The van der Waals surface area contributed by atoms with Crippen molar-refractivity contribution >= 4 is 33.5 Å². The number of halogens is 1. The third-order valence-electron chi connectivity index (χ3n) is 3.59. The molecule has 0 amide bonds. The van der Waals surface area contributed by atoms with Gasteiger partial charge in [-0.15, -0.1) is 10.2 Å². The van der Waals surface area contributed by atoms with Gasteiger partial charge in [0.15, 0.2) is 10.9 Å². The Morgan fingerprint density at radius 2 is 2.00 bits per heavy atom. The molecule has 3 rings (SSSR count). The van der Waals surface area contributed by atoms with Gasteiger partial charge in [-0.2, -0.15) is 0 Å². The van der Waals surface area contributed by atoms with Gasteiger partial charge in [-0.3, -0.25) is 4.79 Å². The maximum Gasteiger partial charge on any atom is 0.191 e. The lowest BCUT2D eigenvalue weighted by Gasteiger charge is -2.10. The third kappa shape index (κ3) is 3.21. The van der Waals surface area contributed by atoms with Crippen molar-refractivity contribution in [3.05, 3.63) is 40.1 Å². The van der Waals surface area contributed by atoms with Gasteiger partial charge in [0.05, 0.1) is 5.25 Å². The Morgan fingerprint density at radius 3 is 2.62 bits per heavy atom. The number of rotatable bonds is 5. The molecule has 2 aromatic rings. The second-order valence-corrected chi connectivity index (χ2v) is 7.53. The van der Waals surface area contributed by atoms with E-state index >= 15 is 0 Å². The van der Waals surface area contributed by atoms with Crippen LogP contribution in [-0.2, 0) is 7.05 Å². The minimum absolute atomic E-state index is 0.114. The van der Waals surface area contributed by atoms with Crippen molar-refractivity contribution in [2.75, 3.05) is 0 Å². The number of carbonyl (C=O) groups excluding carboxylic acids is 1. The molecule has 0 N–H and O–H groups in total. The van der Waals surface area contributed by atoms with Crippen LogP contribution in [0, 0.1) is 0 Å². The Bertz CT molecular complexity index is 664. The summed E-state index contributed by atoms with van der Waals surface area (Å²) in [5.41, 5.74) is 0.725. The number of benzene rings is 1. The van der Waals surface area contributed by atoms with E-state index in [1.54, 1.807) is 0 Å². The average Bonchev–Trinajstić information content (AvgIpc) is 3.25. The molecule has 0 bridgehead atoms. The smallest absolute Gasteiger partial charge is 0.191 e. The second-order valence-electron chi connectivity index (χ2n) is 5.31. The van der Waals surface area contributed by atoms with E-state index in [0.29, 0.717) is 5.92 Å². The summed E-state index contributed by atoms with van der Waals surface area (Å²) in [6, 6.07) is 7.46. The molecule has 21 heavy (non-hydrogen) atoms. The van der Waals surface area contributed by atoms with Crippen LogP contribution in [0.2, 0.25) is 0 Å². The Hall–Kier alpha value is -1.14. The summed E-state index contributed by atoms with van der Waals surface area (Å²) in [5, 5.41) is 9.11. The highest BCUT2D eigenvalue weighted by atomic mass is 79.9. The van der Waals surface area contributed by atoms with Gasteiger partial charge >= 0.3 is 0 Å². The highest BCUT2D eigenvalue weighted by Crippen LogP contribution is 2.39. The van der Waals surface area contributed by atoms with Gasteiger partial charge < -0.3 is 4.57 Å². The van der Waals surface area contributed by atoms with E-state index in [2.05, 4.69) is 26.1 Å². The number of hydrogen-bond donors (Lipinski definition) is 0. The lowest BCUT2D eigenvalue weighted by atomic mass is 10.1. The van der Waals surface area contributed by atoms with Crippen LogP contribution < -0.4 is 0 Å². The fourth-order valence-corrected chi connectivity index (χ4v) is 3.35. The molecule has 1 fully saturated rings. The lowest BCUT2D eigenvalue weighted by molar-refractivity contribution is 0.0994. The average molecular weight is 366 g/mol. The van der Waals surface area contributed by atoms with Gasteiger partial charge in [0, 0.05) is 23.0 Å². The predicted octanol–water partition coefficient (Wildman–Crippen LogP) is 3.82. The van der Waals surface area contributed by atoms with Gasteiger partial charge in [-0.1, -0.05) is 39.8 Å². The molecule has 1 saturated carbocycles. The van der Waals surface area contributed by atoms with Crippen molar-refractivity contribution < 1.29 is 4.79 Å². The highest BCUT2D eigenvalue weighted by molar-refractivity contribution is 9.10. The first-order valence-electron chi connectivity index (χ1n) is 6.92. The monoisotopic (exact) mass is 365 g/mol. The quantitative estimate of drug-likeness (QED) is 0.596. The Morgan fingerprint density at radius 1 is 1.33 bits per heavy atom. The zero-order valence-corrected chi connectivity index (χ0v) is 14.3. The molecular formula is C15H16BrN3OS. The van der Waals surface area contributed by atoms with E-state index in [1.165, 1.54) is 24.6 Å². The predicted molar refractivity (Wildman–Crippen MR) is 86.8 cm³/mol. The molecule has 6 heteroatoms. The first kappa shape index (κ1) is 14.8. The maximum atomic E-state index is 12.4. The zero-order chi connectivity index (χ0) is 15.0. The van der Waals surface area contributed by atoms with E-state index in [9.17, 15) is 4.79 Å². The molecular weight excluding hydrogens is 350 g/mol. The molecule has 0 aliphatic heterocycles. The number of Topliss-reactive ketones (excluding diaryl/α,β-unsaturated/α-hetero) is 1. The lowest BCUT2D eigenvalue weighted by Crippen LogP contribution is -2.14. The van der Waals surface area contributed by atoms with E-state index < -0.39 is 0 Å². The minimum atomic E-state index is -0.180. The molecule has 1 aliphatic rings. The van der Waals surface area contributed by atoms with E-state index in [0.717, 1.165) is 21.0 Å². The van der Waals surface area contributed by atoms with Crippen LogP contribution in [0.25, 0.3) is 0 Å². The number of carbonyl (C=O) groups is 1. The summed E-state index contributed by atoms with van der Waals surface area (Å²) in [6.07, 6.45) is 2.40. The largest absolute Gasteiger partial charge is 0.309 e. The van der Waals surface area contributed by atoms with Crippen LogP contribution in [-0.4, -0.2) is 25.8 Å². The minimum Gasteiger partial charge on any atom is -0.309 e. The summed E-state index contributed by atoms with van der Waals surface area (Å²) in [4.78, 5) is 12.4. The van der Waals surface area contributed by atoms with E-state index in [1.807, 2.05) is 42.8 Å². The van der Waals surface area contributed by atoms with Crippen molar-refractivity contribution in [2.45, 2.75) is 36.1 Å². The fraction of sp³-hybridized carbons (Fsp3) is 0.400. The fourth-order valence-electron chi connectivity index (χ4n) is 2.19. The molecule has 1 aromatic carbocycles. The molecule has 1 atom stereocenters. The number of aromatic nitrogens is 3. The van der Waals surface area contributed by atoms with Crippen LogP contribution in [0.15, 0.2) is 33.9 Å². The van der Waals surface area contributed by atoms with Crippen LogP contribution in [0.3, 0.4) is 0 Å². The number of nitrogens with zero attached hydrogens (tertiary/aromatic N) is 3. The van der Waals surface area contributed by atoms with E-state index in [4.69, 9.17) is 0 Å².